The summed E-state index contributed by atoms with van der Waals surface area (Å²) in [6.45, 7) is 3.03. The fourth-order valence-electron chi connectivity index (χ4n) is 3.07. The molecule has 1 N–H and O–H groups in total. The Balaban J connectivity index is 1.85. The lowest BCUT2D eigenvalue weighted by Crippen LogP contribution is -2.45. The lowest BCUT2D eigenvalue weighted by molar-refractivity contribution is -0.147. The first-order chi connectivity index (χ1) is 11.6. The van der Waals surface area contributed by atoms with Gasteiger partial charge in [-0.1, -0.05) is 30.3 Å². The molecule has 6 nitrogen and oxygen atoms in total. The number of carboxylic acid groups (broad SMARTS) is 1. The Morgan fingerprint density at radius 2 is 1.92 bits per heavy atom. The number of methoxy groups -OCH3 is 1. The van der Waals surface area contributed by atoms with Gasteiger partial charge < -0.3 is 14.7 Å². The molecule has 1 fully saturated rings. The van der Waals surface area contributed by atoms with E-state index in [0.29, 0.717) is 13.2 Å². The Bertz CT molecular complexity index is 527. The number of hydrogen-bond acceptors (Lipinski definition) is 4. The molecule has 1 aliphatic rings. The summed E-state index contributed by atoms with van der Waals surface area (Å²) < 4.78 is 4.98. The molecule has 0 unspecified atom stereocenters. The molecule has 1 amide bonds. The molecule has 0 aliphatic carbocycles. The maximum atomic E-state index is 12.6. The number of piperidine rings is 1. The first kappa shape index (κ1) is 18.4. The zero-order valence-corrected chi connectivity index (χ0v) is 14.2. The summed E-state index contributed by atoms with van der Waals surface area (Å²) in [7, 11) is 1.55. The van der Waals surface area contributed by atoms with Crippen LogP contribution in [-0.4, -0.2) is 66.7 Å². The standard InChI is InChI=1S/C18H26N2O4/c1-24-12-11-20(14-17(21)22)18(23)16-7-9-19(10-8-16)13-15-5-3-2-4-6-15/h2-6,16H,7-14H2,1H3,(H,21,22). The fraction of sp³-hybridized carbons (Fsp3) is 0.556. The molecule has 6 heteroatoms. The minimum atomic E-state index is -0.985. The van der Waals surface area contributed by atoms with E-state index in [-0.39, 0.29) is 18.4 Å². The Morgan fingerprint density at radius 1 is 1.25 bits per heavy atom. The lowest BCUT2D eigenvalue weighted by Gasteiger charge is -2.33. The van der Waals surface area contributed by atoms with Crippen molar-refractivity contribution in [2.75, 3.05) is 39.9 Å². The molecule has 0 saturated carbocycles. The van der Waals surface area contributed by atoms with Crippen molar-refractivity contribution in [2.45, 2.75) is 19.4 Å². The van der Waals surface area contributed by atoms with Crippen molar-refractivity contribution in [3.8, 4) is 0 Å². The van der Waals surface area contributed by atoms with Gasteiger partial charge in [0, 0.05) is 26.1 Å². The molecule has 0 radical (unpaired) electrons. The molecule has 0 atom stereocenters. The molecular formula is C18H26N2O4. The van der Waals surface area contributed by atoms with Crippen LogP contribution in [-0.2, 0) is 20.9 Å². The van der Waals surface area contributed by atoms with E-state index < -0.39 is 5.97 Å². The molecule has 2 rings (SSSR count). The molecular weight excluding hydrogens is 308 g/mol. The third-order valence-electron chi connectivity index (χ3n) is 4.39. The Kier molecular flexibility index (Phi) is 7.21. The molecule has 24 heavy (non-hydrogen) atoms. The second kappa shape index (κ2) is 9.39. The van der Waals surface area contributed by atoms with Gasteiger partial charge in [0.05, 0.1) is 6.61 Å². The zero-order chi connectivity index (χ0) is 17.4. The maximum absolute atomic E-state index is 12.6. The van der Waals surface area contributed by atoms with Gasteiger partial charge in [0.2, 0.25) is 5.91 Å². The summed E-state index contributed by atoms with van der Waals surface area (Å²) in [4.78, 5) is 27.3. The van der Waals surface area contributed by atoms with Crippen molar-refractivity contribution in [2.24, 2.45) is 5.92 Å². The van der Waals surface area contributed by atoms with Crippen LogP contribution in [0, 0.1) is 5.92 Å². The molecule has 1 saturated heterocycles. The van der Waals surface area contributed by atoms with Gasteiger partial charge in [0.25, 0.3) is 0 Å². The van der Waals surface area contributed by atoms with Gasteiger partial charge in [-0.25, -0.2) is 0 Å². The molecule has 0 spiro atoms. The van der Waals surface area contributed by atoms with Gasteiger partial charge in [0.1, 0.15) is 6.54 Å². The fourth-order valence-corrected chi connectivity index (χ4v) is 3.07. The SMILES string of the molecule is COCCN(CC(=O)O)C(=O)C1CCN(Cc2ccccc2)CC1. The van der Waals surface area contributed by atoms with Gasteiger partial charge in [-0.05, 0) is 31.5 Å². The number of nitrogens with zero attached hydrogens (tertiary/aromatic N) is 2. The van der Waals surface area contributed by atoms with E-state index in [2.05, 4.69) is 17.0 Å². The quantitative estimate of drug-likeness (QED) is 0.779. The van der Waals surface area contributed by atoms with Crippen LogP contribution in [0.1, 0.15) is 18.4 Å². The van der Waals surface area contributed by atoms with Crippen LogP contribution < -0.4 is 0 Å². The first-order valence-corrected chi connectivity index (χ1v) is 8.36. The molecule has 0 bridgehead atoms. The van der Waals surface area contributed by atoms with Gasteiger partial charge in [-0.3, -0.25) is 14.5 Å². The van der Waals surface area contributed by atoms with E-state index in [9.17, 15) is 9.59 Å². The van der Waals surface area contributed by atoms with E-state index in [1.807, 2.05) is 18.2 Å². The normalized spacial score (nSPS) is 16.0. The van der Waals surface area contributed by atoms with Crippen molar-refractivity contribution in [3.05, 3.63) is 35.9 Å². The summed E-state index contributed by atoms with van der Waals surface area (Å²) in [5.74, 6) is -1.14. The summed E-state index contributed by atoms with van der Waals surface area (Å²) in [6.07, 6.45) is 1.55. The zero-order valence-electron chi connectivity index (χ0n) is 14.2. The summed E-state index contributed by atoms with van der Waals surface area (Å²) in [6, 6.07) is 10.3. The van der Waals surface area contributed by atoms with Gasteiger partial charge in [-0.2, -0.15) is 0 Å². The van der Waals surface area contributed by atoms with E-state index in [1.165, 1.54) is 10.5 Å². The second-order valence-electron chi connectivity index (χ2n) is 6.18. The number of aliphatic carboxylic acids is 1. The highest BCUT2D eigenvalue weighted by molar-refractivity contribution is 5.83. The van der Waals surface area contributed by atoms with E-state index in [1.54, 1.807) is 7.11 Å². The number of hydrogen-bond donors (Lipinski definition) is 1. The van der Waals surface area contributed by atoms with E-state index in [4.69, 9.17) is 9.84 Å². The Labute approximate surface area is 143 Å². The van der Waals surface area contributed by atoms with Gasteiger partial charge >= 0.3 is 5.97 Å². The molecule has 1 aromatic rings. The van der Waals surface area contributed by atoms with Crippen molar-refractivity contribution in [3.63, 3.8) is 0 Å². The van der Waals surface area contributed by atoms with Crippen LogP contribution in [0.15, 0.2) is 30.3 Å². The molecule has 132 valence electrons. The number of carbonyl (C=O) groups excluding carboxylic acids is 1. The number of rotatable bonds is 8. The highest BCUT2D eigenvalue weighted by Crippen LogP contribution is 2.21. The van der Waals surface area contributed by atoms with Crippen LogP contribution in [0.5, 0.6) is 0 Å². The van der Waals surface area contributed by atoms with Gasteiger partial charge in [0.15, 0.2) is 0 Å². The summed E-state index contributed by atoms with van der Waals surface area (Å²) >= 11 is 0. The van der Waals surface area contributed by atoms with Crippen LogP contribution in [0.2, 0.25) is 0 Å². The number of carboxylic acids is 1. The number of amides is 1. The minimum absolute atomic E-state index is 0.0613. The number of likely N-dealkylation sites (tertiary alicyclic amines) is 1. The molecule has 1 aliphatic heterocycles. The summed E-state index contributed by atoms with van der Waals surface area (Å²) in [5.41, 5.74) is 1.27. The molecule has 1 aromatic carbocycles. The van der Waals surface area contributed by atoms with Crippen LogP contribution >= 0.6 is 0 Å². The minimum Gasteiger partial charge on any atom is -0.480 e. The predicted molar refractivity (Wildman–Crippen MR) is 90.5 cm³/mol. The third kappa shape index (κ3) is 5.62. The molecule has 0 aromatic heterocycles. The first-order valence-electron chi connectivity index (χ1n) is 8.36. The lowest BCUT2D eigenvalue weighted by atomic mass is 9.95. The van der Waals surface area contributed by atoms with Gasteiger partial charge in [-0.15, -0.1) is 0 Å². The van der Waals surface area contributed by atoms with E-state index >= 15 is 0 Å². The van der Waals surface area contributed by atoms with Crippen molar-refractivity contribution < 1.29 is 19.4 Å². The smallest absolute Gasteiger partial charge is 0.323 e. The van der Waals surface area contributed by atoms with Crippen LogP contribution in [0.4, 0.5) is 0 Å². The third-order valence-corrected chi connectivity index (χ3v) is 4.39. The Hall–Kier alpha value is -1.92. The largest absolute Gasteiger partial charge is 0.480 e. The van der Waals surface area contributed by atoms with E-state index in [0.717, 1.165) is 32.5 Å². The predicted octanol–water partition coefficient (Wildman–Crippen LogP) is 1.46. The average molecular weight is 334 g/mol. The highest BCUT2D eigenvalue weighted by Gasteiger charge is 2.29. The highest BCUT2D eigenvalue weighted by atomic mass is 16.5. The number of ether oxygens (including phenoxy) is 1. The van der Waals surface area contributed by atoms with Crippen LogP contribution in [0.25, 0.3) is 0 Å². The summed E-state index contributed by atoms with van der Waals surface area (Å²) in [5, 5.41) is 8.99. The molecule has 1 heterocycles. The van der Waals surface area contributed by atoms with Crippen molar-refractivity contribution >= 4 is 11.9 Å². The second-order valence-corrected chi connectivity index (χ2v) is 6.18. The Morgan fingerprint density at radius 3 is 2.50 bits per heavy atom. The van der Waals surface area contributed by atoms with Crippen molar-refractivity contribution in [1.29, 1.82) is 0 Å². The van der Waals surface area contributed by atoms with Crippen LogP contribution in [0.3, 0.4) is 0 Å². The monoisotopic (exact) mass is 334 g/mol. The topological polar surface area (TPSA) is 70.1 Å². The van der Waals surface area contributed by atoms with Crippen molar-refractivity contribution in [1.82, 2.24) is 9.80 Å². The number of benzene rings is 1. The number of carbonyl (C=O) groups is 2. The maximum Gasteiger partial charge on any atom is 0.323 e. The average Bonchev–Trinajstić information content (AvgIpc) is 2.59.